The van der Waals surface area contributed by atoms with Gasteiger partial charge < -0.3 is 9.25 Å². The Morgan fingerprint density at radius 1 is 1.13 bits per heavy atom. The van der Waals surface area contributed by atoms with Gasteiger partial charge in [-0.1, -0.05) is 17.2 Å². The van der Waals surface area contributed by atoms with Gasteiger partial charge in [0.25, 0.3) is 11.8 Å². The third-order valence-electron chi connectivity index (χ3n) is 2.95. The molecule has 10 heteroatoms. The van der Waals surface area contributed by atoms with Crippen LogP contribution in [-0.4, -0.2) is 27.8 Å². The summed E-state index contributed by atoms with van der Waals surface area (Å²) in [4.78, 5) is 43.0. The number of nitrogens with zero attached hydrogens (tertiary/aromatic N) is 2. The monoisotopic (exact) mass is 326 g/mol. The van der Waals surface area contributed by atoms with Crippen molar-refractivity contribution in [2.45, 2.75) is 6.18 Å². The molecule has 7 nitrogen and oxygen atoms in total. The van der Waals surface area contributed by atoms with Crippen LogP contribution in [0.4, 0.5) is 13.2 Å². The molecule has 0 atom stereocenters. The first-order valence-electron chi connectivity index (χ1n) is 6.01. The van der Waals surface area contributed by atoms with Gasteiger partial charge in [0.1, 0.15) is 0 Å². The van der Waals surface area contributed by atoms with Crippen LogP contribution in [0.1, 0.15) is 37.0 Å². The lowest BCUT2D eigenvalue weighted by molar-refractivity contribution is -0.142. The van der Waals surface area contributed by atoms with Gasteiger partial charge >= 0.3 is 12.1 Å². The summed E-state index contributed by atoms with van der Waals surface area (Å²) in [7, 11) is 0. The molecule has 0 unspecified atom stereocenters. The molecule has 0 spiro atoms. The third kappa shape index (κ3) is 2.33. The molecule has 2 aromatic rings. The summed E-state index contributed by atoms with van der Waals surface area (Å²) in [6.07, 6.45) is -4.55. The molecule has 2 heterocycles. The van der Waals surface area contributed by atoms with Crippen molar-refractivity contribution in [1.29, 1.82) is 0 Å². The van der Waals surface area contributed by atoms with Crippen molar-refractivity contribution >= 4 is 17.8 Å². The highest BCUT2D eigenvalue weighted by Crippen LogP contribution is 2.31. The highest BCUT2D eigenvalue weighted by molar-refractivity contribution is 6.21. The smallest absolute Gasteiger partial charge is 0.436 e. The number of alkyl halides is 3. The Bertz CT molecular complexity index is 792. The first-order valence-corrected chi connectivity index (χ1v) is 6.01. The summed E-state index contributed by atoms with van der Waals surface area (Å²) in [5.41, 5.74) is -1.67. The number of aromatic nitrogens is 1. The lowest BCUT2D eigenvalue weighted by atomic mass is 10.1. The number of carbonyl (C=O) groups is 3. The Morgan fingerprint density at radius 2 is 1.70 bits per heavy atom. The highest BCUT2D eigenvalue weighted by Gasteiger charge is 2.43. The molecular formula is C13H5F3N2O5. The average Bonchev–Trinajstić information content (AvgIpc) is 3.08. The van der Waals surface area contributed by atoms with Crippen LogP contribution in [0.3, 0.4) is 0 Å². The SMILES string of the molecule is O=C(ON1C(=O)c2ccccc2C1=O)c1ocnc1C(F)(F)F. The number of carbonyl (C=O) groups excluding carboxylic acids is 3. The molecule has 3 rings (SSSR count). The molecule has 0 fully saturated rings. The number of amides is 2. The van der Waals surface area contributed by atoms with E-state index in [0.29, 0.717) is 6.39 Å². The van der Waals surface area contributed by atoms with E-state index in [0.717, 1.165) is 0 Å². The number of hydrogen-bond donors (Lipinski definition) is 0. The first-order chi connectivity index (χ1) is 10.8. The summed E-state index contributed by atoms with van der Waals surface area (Å²) in [5.74, 6) is -4.85. The van der Waals surface area contributed by atoms with Crippen molar-refractivity contribution in [2.75, 3.05) is 0 Å². The van der Waals surface area contributed by atoms with Crippen LogP contribution in [0.25, 0.3) is 0 Å². The Morgan fingerprint density at radius 3 is 2.22 bits per heavy atom. The molecule has 23 heavy (non-hydrogen) atoms. The van der Waals surface area contributed by atoms with Crippen LogP contribution in [0.5, 0.6) is 0 Å². The standard InChI is InChI=1S/C13H5F3N2O5/c14-13(15,16)9-8(22-5-17-9)12(21)23-18-10(19)6-3-1-2-4-7(6)11(18)20/h1-5H. The minimum absolute atomic E-state index is 0.0288. The lowest BCUT2D eigenvalue weighted by Gasteiger charge is -2.12. The topological polar surface area (TPSA) is 89.7 Å². The van der Waals surface area contributed by atoms with Crippen molar-refractivity contribution < 1.29 is 36.8 Å². The van der Waals surface area contributed by atoms with E-state index in [1.54, 1.807) is 0 Å². The first kappa shape index (κ1) is 14.8. The largest absolute Gasteiger partial charge is 0.437 e. The summed E-state index contributed by atoms with van der Waals surface area (Å²) >= 11 is 0. The van der Waals surface area contributed by atoms with Crippen molar-refractivity contribution in [2.24, 2.45) is 0 Å². The summed E-state index contributed by atoms with van der Waals surface area (Å²) < 4.78 is 42.3. The highest BCUT2D eigenvalue weighted by atomic mass is 19.4. The van der Waals surface area contributed by atoms with E-state index in [9.17, 15) is 27.6 Å². The minimum atomic E-state index is -4.96. The van der Waals surface area contributed by atoms with Gasteiger partial charge in [-0.2, -0.15) is 13.2 Å². The quantitative estimate of drug-likeness (QED) is 0.785. The zero-order valence-corrected chi connectivity index (χ0v) is 11.0. The van der Waals surface area contributed by atoms with E-state index in [1.165, 1.54) is 24.3 Å². The number of oxazole rings is 1. The van der Waals surface area contributed by atoms with Gasteiger partial charge in [0.2, 0.25) is 5.76 Å². The molecule has 0 bridgehead atoms. The second kappa shape index (κ2) is 4.93. The van der Waals surface area contributed by atoms with Crippen LogP contribution in [0.2, 0.25) is 0 Å². The molecule has 1 aromatic carbocycles. The number of imide groups is 1. The Balaban J connectivity index is 1.87. The molecule has 2 amide bonds. The summed E-state index contributed by atoms with van der Waals surface area (Å²) in [5, 5.41) is 0.0790. The molecule has 0 aliphatic carbocycles. The lowest BCUT2D eigenvalue weighted by Crippen LogP contribution is -2.33. The van der Waals surface area contributed by atoms with Gasteiger partial charge in [-0.3, -0.25) is 9.59 Å². The third-order valence-corrected chi connectivity index (χ3v) is 2.95. The minimum Gasteiger partial charge on any atom is -0.436 e. The van der Waals surface area contributed by atoms with E-state index in [4.69, 9.17) is 0 Å². The summed E-state index contributed by atoms with van der Waals surface area (Å²) in [6.45, 7) is 0. The zero-order chi connectivity index (χ0) is 16.8. The number of hydroxylamine groups is 2. The number of rotatable bonds is 2. The number of fused-ring (bicyclic) bond motifs is 1. The second-order valence-corrected chi connectivity index (χ2v) is 4.36. The van der Waals surface area contributed by atoms with Crippen molar-refractivity contribution in [3.8, 4) is 0 Å². The van der Waals surface area contributed by atoms with Crippen molar-refractivity contribution in [3.05, 3.63) is 53.2 Å². The molecule has 118 valence electrons. The molecule has 0 saturated heterocycles. The summed E-state index contributed by atoms with van der Waals surface area (Å²) in [6, 6.07) is 5.60. The van der Waals surface area contributed by atoms with Crippen LogP contribution in [-0.2, 0) is 11.0 Å². The Hall–Kier alpha value is -3.17. The fourth-order valence-corrected chi connectivity index (χ4v) is 1.97. The van der Waals surface area contributed by atoms with E-state index < -0.39 is 35.4 Å². The fraction of sp³-hybridized carbons (Fsp3) is 0.0769. The van der Waals surface area contributed by atoms with Crippen LogP contribution >= 0.6 is 0 Å². The fourth-order valence-electron chi connectivity index (χ4n) is 1.97. The normalized spacial score (nSPS) is 14.1. The number of hydrogen-bond acceptors (Lipinski definition) is 6. The van der Waals surface area contributed by atoms with Gasteiger partial charge in [0.05, 0.1) is 11.1 Å². The maximum atomic E-state index is 12.6. The van der Waals surface area contributed by atoms with E-state index >= 15 is 0 Å². The van der Waals surface area contributed by atoms with Crippen molar-refractivity contribution in [1.82, 2.24) is 10.0 Å². The average molecular weight is 326 g/mol. The van der Waals surface area contributed by atoms with E-state index in [-0.39, 0.29) is 16.2 Å². The predicted octanol–water partition coefficient (Wildman–Crippen LogP) is 2.06. The molecule has 0 radical (unpaired) electrons. The molecule has 0 N–H and O–H groups in total. The molecular weight excluding hydrogens is 321 g/mol. The van der Waals surface area contributed by atoms with E-state index in [2.05, 4.69) is 14.2 Å². The maximum absolute atomic E-state index is 12.6. The van der Waals surface area contributed by atoms with Gasteiger partial charge in [-0.05, 0) is 12.1 Å². The van der Waals surface area contributed by atoms with Gasteiger partial charge in [-0.15, -0.1) is 0 Å². The van der Waals surface area contributed by atoms with Gasteiger partial charge in [0.15, 0.2) is 12.1 Å². The van der Waals surface area contributed by atoms with Crippen LogP contribution < -0.4 is 0 Å². The van der Waals surface area contributed by atoms with E-state index in [1.807, 2.05) is 0 Å². The molecule has 0 saturated carbocycles. The van der Waals surface area contributed by atoms with Crippen LogP contribution in [0.15, 0.2) is 35.1 Å². The second-order valence-electron chi connectivity index (χ2n) is 4.36. The number of benzene rings is 1. The van der Waals surface area contributed by atoms with Gasteiger partial charge in [0, 0.05) is 0 Å². The Kier molecular flexibility index (Phi) is 3.17. The molecule has 1 aliphatic rings. The van der Waals surface area contributed by atoms with Gasteiger partial charge in [-0.25, -0.2) is 9.78 Å². The molecule has 1 aliphatic heterocycles. The van der Waals surface area contributed by atoms with Crippen LogP contribution in [0, 0.1) is 0 Å². The van der Waals surface area contributed by atoms with Crippen molar-refractivity contribution in [3.63, 3.8) is 0 Å². The zero-order valence-electron chi connectivity index (χ0n) is 11.0. The molecule has 1 aromatic heterocycles. The predicted molar refractivity (Wildman–Crippen MR) is 63.9 cm³/mol. The number of halogens is 3. The maximum Gasteiger partial charge on any atom is 0.437 e. The Labute approximate surface area is 125 Å².